The van der Waals surface area contributed by atoms with Crippen molar-refractivity contribution in [3.05, 3.63) is 46.4 Å². The number of hydrogen-bond acceptors (Lipinski definition) is 2. The number of carbonyl (C=O) groups excluding carboxylic acids is 1. The van der Waals surface area contributed by atoms with Gasteiger partial charge in [0.2, 0.25) is 0 Å². The summed E-state index contributed by atoms with van der Waals surface area (Å²) in [6.07, 6.45) is 1.01. The SMILES string of the molecule is O=C(NC1CCNC1)c1ccc2cc(Br)ccc2c1. The molecule has 1 heterocycles. The van der Waals surface area contributed by atoms with Crippen LogP contribution in [0.4, 0.5) is 0 Å². The molecule has 0 saturated carbocycles. The number of hydrogen-bond donors (Lipinski definition) is 2. The molecule has 3 rings (SSSR count). The Hall–Kier alpha value is -1.39. The first kappa shape index (κ1) is 12.6. The van der Waals surface area contributed by atoms with Crippen LogP contribution >= 0.6 is 15.9 Å². The second-order valence-corrected chi connectivity index (χ2v) is 5.79. The molecule has 1 unspecified atom stereocenters. The third-order valence-electron chi connectivity index (χ3n) is 3.46. The first-order chi connectivity index (χ1) is 9.22. The summed E-state index contributed by atoms with van der Waals surface area (Å²) in [6.45, 7) is 1.85. The van der Waals surface area contributed by atoms with E-state index in [1.54, 1.807) is 0 Å². The number of nitrogens with one attached hydrogen (secondary N) is 2. The van der Waals surface area contributed by atoms with E-state index >= 15 is 0 Å². The molecule has 2 aromatic rings. The molecule has 1 aliphatic rings. The largest absolute Gasteiger partial charge is 0.348 e. The molecule has 1 atom stereocenters. The molecular formula is C15H15BrN2O. The Bertz CT molecular complexity index is 621. The van der Waals surface area contributed by atoms with Crippen LogP contribution in [0.25, 0.3) is 10.8 Å². The lowest BCUT2D eigenvalue weighted by molar-refractivity contribution is 0.0940. The van der Waals surface area contributed by atoms with Crippen molar-refractivity contribution in [2.45, 2.75) is 12.5 Å². The zero-order valence-electron chi connectivity index (χ0n) is 10.4. The van der Waals surface area contributed by atoms with E-state index in [4.69, 9.17) is 0 Å². The standard InChI is InChI=1S/C15H15BrN2O/c16-13-4-3-10-7-12(2-1-11(10)8-13)15(19)18-14-5-6-17-9-14/h1-4,7-8,14,17H,5-6,9H2,(H,18,19). The molecule has 2 N–H and O–H groups in total. The second-order valence-electron chi connectivity index (χ2n) is 4.87. The zero-order valence-corrected chi connectivity index (χ0v) is 12.0. The predicted molar refractivity (Wildman–Crippen MR) is 80.4 cm³/mol. The minimum absolute atomic E-state index is 0.0125. The molecule has 4 heteroatoms. The van der Waals surface area contributed by atoms with Crippen LogP contribution in [0.15, 0.2) is 40.9 Å². The van der Waals surface area contributed by atoms with E-state index in [0.29, 0.717) is 0 Å². The van der Waals surface area contributed by atoms with Gasteiger partial charge in [0.15, 0.2) is 0 Å². The van der Waals surface area contributed by atoms with E-state index in [0.717, 1.165) is 40.3 Å². The van der Waals surface area contributed by atoms with Crippen molar-refractivity contribution in [2.24, 2.45) is 0 Å². The fourth-order valence-electron chi connectivity index (χ4n) is 2.40. The lowest BCUT2D eigenvalue weighted by Gasteiger charge is -2.11. The van der Waals surface area contributed by atoms with E-state index in [2.05, 4.69) is 32.6 Å². The molecule has 0 spiro atoms. The third-order valence-corrected chi connectivity index (χ3v) is 3.95. The minimum atomic E-state index is 0.0125. The summed E-state index contributed by atoms with van der Waals surface area (Å²) < 4.78 is 1.05. The lowest BCUT2D eigenvalue weighted by atomic mass is 10.1. The van der Waals surface area contributed by atoms with E-state index in [1.165, 1.54) is 0 Å². The van der Waals surface area contributed by atoms with E-state index < -0.39 is 0 Å². The average Bonchev–Trinajstić information content (AvgIpc) is 2.91. The van der Waals surface area contributed by atoms with Gasteiger partial charge in [-0.15, -0.1) is 0 Å². The normalized spacial score (nSPS) is 18.7. The monoisotopic (exact) mass is 318 g/mol. The summed E-state index contributed by atoms with van der Waals surface area (Å²) in [5.74, 6) is 0.0125. The molecule has 0 aromatic heterocycles. The molecule has 1 aliphatic heterocycles. The molecule has 1 amide bonds. The van der Waals surface area contributed by atoms with E-state index in [-0.39, 0.29) is 11.9 Å². The molecule has 98 valence electrons. The van der Waals surface area contributed by atoms with Gasteiger partial charge in [-0.3, -0.25) is 4.79 Å². The number of rotatable bonds is 2. The van der Waals surface area contributed by atoms with Gasteiger partial charge in [0.1, 0.15) is 0 Å². The molecular weight excluding hydrogens is 304 g/mol. The highest BCUT2D eigenvalue weighted by Gasteiger charge is 2.17. The Labute approximate surface area is 120 Å². The van der Waals surface area contributed by atoms with Crippen LogP contribution in [0.5, 0.6) is 0 Å². The van der Waals surface area contributed by atoms with Crippen molar-refractivity contribution < 1.29 is 4.79 Å². The van der Waals surface area contributed by atoms with Crippen LogP contribution < -0.4 is 10.6 Å². The highest BCUT2D eigenvalue weighted by molar-refractivity contribution is 9.10. The van der Waals surface area contributed by atoms with Crippen LogP contribution in [0.3, 0.4) is 0 Å². The van der Waals surface area contributed by atoms with E-state index in [1.807, 2.05) is 30.3 Å². The van der Waals surface area contributed by atoms with E-state index in [9.17, 15) is 4.79 Å². The summed E-state index contributed by atoms with van der Waals surface area (Å²) in [4.78, 5) is 12.2. The molecule has 0 bridgehead atoms. The third kappa shape index (κ3) is 2.80. The fraction of sp³-hybridized carbons (Fsp3) is 0.267. The van der Waals surface area contributed by atoms with Gasteiger partial charge >= 0.3 is 0 Å². The maximum atomic E-state index is 12.2. The van der Waals surface area contributed by atoms with Gasteiger partial charge in [0.25, 0.3) is 5.91 Å². The molecule has 2 aromatic carbocycles. The van der Waals surface area contributed by atoms with Crippen LogP contribution in [-0.2, 0) is 0 Å². The lowest BCUT2D eigenvalue weighted by Crippen LogP contribution is -2.36. The Morgan fingerprint density at radius 1 is 1.21 bits per heavy atom. The van der Waals surface area contributed by atoms with Crippen molar-refractivity contribution in [2.75, 3.05) is 13.1 Å². The number of carbonyl (C=O) groups is 1. The van der Waals surface area contributed by atoms with Crippen LogP contribution in [-0.4, -0.2) is 25.0 Å². The molecule has 1 fully saturated rings. The van der Waals surface area contributed by atoms with Crippen LogP contribution in [0.2, 0.25) is 0 Å². The number of halogens is 1. The number of fused-ring (bicyclic) bond motifs is 1. The zero-order chi connectivity index (χ0) is 13.2. The maximum absolute atomic E-state index is 12.2. The van der Waals surface area contributed by atoms with Gasteiger partial charge < -0.3 is 10.6 Å². The summed E-state index contributed by atoms with van der Waals surface area (Å²) >= 11 is 3.45. The molecule has 0 aliphatic carbocycles. The topological polar surface area (TPSA) is 41.1 Å². The van der Waals surface area contributed by atoms with Crippen molar-refractivity contribution in [1.29, 1.82) is 0 Å². The Morgan fingerprint density at radius 2 is 2.00 bits per heavy atom. The second kappa shape index (κ2) is 5.31. The predicted octanol–water partition coefficient (Wildman–Crippen LogP) is 2.69. The Balaban J connectivity index is 1.83. The quantitative estimate of drug-likeness (QED) is 0.894. The van der Waals surface area contributed by atoms with Crippen LogP contribution in [0.1, 0.15) is 16.8 Å². The van der Waals surface area contributed by atoms with Crippen LogP contribution in [0, 0.1) is 0 Å². The fourth-order valence-corrected chi connectivity index (χ4v) is 2.78. The Morgan fingerprint density at radius 3 is 2.79 bits per heavy atom. The smallest absolute Gasteiger partial charge is 0.251 e. The summed E-state index contributed by atoms with van der Waals surface area (Å²) in [5.41, 5.74) is 0.724. The van der Waals surface area contributed by atoms with Gasteiger partial charge in [0, 0.05) is 22.6 Å². The minimum Gasteiger partial charge on any atom is -0.348 e. The number of amides is 1. The Kier molecular flexibility index (Phi) is 3.53. The van der Waals surface area contributed by atoms with Crippen molar-refractivity contribution >= 4 is 32.6 Å². The first-order valence-corrected chi connectivity index (χ1v) is 7.22. The summed E-state index contributed by atoms with van der Waals surface area (Å²) in [6, 6.07) is 12.1. The van der Waals surface area contributed by atoms with Gasteiger partial charge in [-0.2, -0.15) is 0 Å². The molecule has 3 nitrogen and oxygen atoms in total. The first-order valence-electron chi connectivity index (χ1n) is 6.43. The highest BCUT2D eigenvalue weighted by atomic mass is 79.9. The summed E-state index contributed by atoms with van der Waals surface area (Å²) in [5, 5.41) is 8.52. The van der Waals surface area contributed by atoms with Gasteiger partial charge in [-0.25, -0.2) is 0 Å². The average molecular weight is 319 g/mol. The highest BCUT2D eigenvalue weighted by Crippen LogP contribution is 2.21. The number of benzene rings is 2. The molecule has 0 radical (unpaired) electrons. The maximum Gasteiger partial charge on any atom is 0.251 e. The molecule has 19 heavy (non-hydrogen) atoms. The van der Waals surface area contributed by atoms with Gasteiger partial charge in [-0.05, 0) is 48.0 Å². The van der Waals surface area contributed by atoms with Gasteiger partial charge in [-0.1, -0.05) is 28.1 Å². The van der Waals surface area contributed by atoms with Crippen molar-refractivity contribution in [3.63, 3.8) is 0 Å². The van der Waals surface area contributed by atoms with Crippen molar-refractivity contribution in [3.8, 4) is 0 Å². The summed E-state index contributed by atoms with van der Waals surface area (Å²) in [7, 11) is 0. The van der Waals surface area contributed by atoms with Gasteiger partial charge in [0.05, 0.1) is 0 Å². The molecule has 1 saturated heterocycles. The van der Waals surface area contributed by atoms with Crippen molar-refractivity contribution in [1.82, 2.24) is 10.6 Å².